The van der Waals surface area contributed by atoms with Gasteiger partial charge in [-0.3, -0.25) is 9.88 Å². The first-order valence-corrected chi connectivity index (χ1v) is 8.93. The zero-order valence-corrected chi connectivity index (χ0v) is 14.3. The fraction of sp³-hybridized carbons (Fsp3) is 0.611. The topological polar surface area (TPSA) is 58.3 Å². The normalized spacial score (nSPS) is 21.7. The van der Waals surface area contributed by atoms with Crippen LogP contribution in [-0.2, 0) is 13.0 Å². The van der Waals surface area contributed by atoms with E-state index in [4.69, 9.17) is 4.42 Å². The van der Waals surface area contributed by atoms with Gasteiger partial charge in [0.15, 0.2) is 0 Å². The van der Waals surface area contributed by atoms with Crippen LogP contribution in [0.5, 0.6) is 0 Å². The molecule has 1 aliphatic carbocycles. The van der Waals surface area contributed by atoms with E-state index in [-0.39, 0.29) is 0 Å². The molecule has 1 aliphatic heterocycles. The molecule has 0 N–H and O–H groups in total. The molecule has 24 heavy (non-hydrogen) atoms. The average Bonchev–Trinajstić information content (AvgIpc) is 3.17. The Labute approximate surface area is 142 Å². The Bertz CT molecular complexity index is 654. The molecule has 2 aromatic rings. The van der Waals surface area contributed by atoms with Crippen molar-refractivity contribution in [3.05, 3.63) is 41.9 Å². The molecule has 2 fully saturated rings. The second-order valence-electron chi connectivity index (χ2n) is 7.04. The minimum Gasteiger partial charge on any atom is -0.424 e. The molecule has 4 rings (SSSR count). The van der Waals surface area contributed by atoms with Crippen LogP contribution in [0.3, 0.4) is 0 Å². The third-order valence-corrected chi connectivity index (χ3v) is 5.07. The number of likely N-dealkylation sites (N-methyl/N-ethyl adjacent to an activating group) is 1. The summed E-state index contributed by atoms with van der Waals surface area (Å²) in [6.45, 7) is 4.08. The highest BCUT2D eigenvalue weighted by Gasteiger charge is 2.30. The van der Waals surface area contributed by atoms with E-state index < -0.39 is 0 Å². The van der Waals surface area contributed by atoms with Gasteiger partial charge in [0.05, 0.1) is 6.54 Å². The van der Waals surface area contributed by atoms with Crippen molar-refractivity contribution in [2.75, 3.05) is 26.7 Å². The van der Waals surface area contributed by atoms with Crippen LogP contribution in [0.25, 0.3) is 0 Å². The first-order chi connectivity index (χ1) is 11.8. The van der Waals surface area contributed by atoms with E-state index >= 15 is 0 Å². The molecule has 6 heteroatoms. The Morgan fingerprint density at radius 3 is 2.96 bits per heavy atom. The molecule has 1 saturated carbocycles. The summed E-state index contributed by atoms with van der Waals surface area (Å²) in [7, 11) is 2.16. The number of nitrogens with zero attached hydrogens (tertiary/aromatic N) is 5. The van der Waals surface area contributed by atoms with Crippen LogP contribution >= 0.6 is 0 Å². The average molecular weight is 327 g/mol. The minimum atomic E-state index is 0.533. The SMILES string of the molecule is CN(Cc1nnc(C2CC2)o1)[C@H]1CCN(CCc2ccccn2)C1. The van der Waals surface area contributed by atoms with Gasteiger partial charge in [0, 0.05) is 43.4 Å². The van der Waals surface area contributed by atoms with E-state index in [0.717, 1.165) is 44.4 Å². The molecular formula is C18H25N5O. The summed E-state index contributed by atoms with van der Waals surface area (Å²) in [5.41, 5.74) is 1.17. The molecular weight excluding hydrogens is 302 g/mol. The maximum absolute atomic E-state index is 5.78. The van der Waals surface area contributed by atoms with Gasteiger partial charge in [-0.15, -0.1) is 10.2 Å². The van der Waals surface area contributed by atoms with E-state index in [1.165, 1.54) is 25.0 Å². The molecule has 1 saturated heterocycles. The van der Waals surface area contributed by atoms with Crippen LogP contribution < -0.4 is 0 Å². The van der Waals surface area contributed by atoms with Crippen molar-refractivity contribution in [1.82, 2.24) is 25.0 Å². The number of rotatable bonds is 7. The summed E-state index contributed by atoms with van der Waals surface area (Å²) in [5, 5.41) is 8.38. The molecule has 2 aromatic heterocycles. The predicted octanol–water partition coefficient (Wildman–Crippen LogP) is 2.09. The van der Waals surface area contributed by atoms with Gasteiger partial charge < -0.3 is 9.32 Å². The van der Waals surface area contributed by atoms with E-state index in [1.807, 2.05) is 12.3 Å². The zero-order valence-electron chi connectivity index (χ0n) is 14.3. The number of hydrogen-bond acceptors (Lipinski definition) is 6. The summed E-state index contributed by atoms with van der Waals surface area (Å²) in [6, 6.07) is 6.69. The molecule has 0 unspecified atom stereocenters. The molecule has 0 aromatic carbocycles. The summed E-state index contributed by atoms with van der Waals surface area (Å²) in [6.07, 6.45) is 6.49. The van der Waals surface area contributed by atoms with Crippen molar-refractivity contribution >= 4 is 0 Å². The molecule has 0 spiro atoms. The maximum atomic E-state index is 5.78. The largest absolute Gasteiger partial charge is 0.424 e. The second kappa shape index (κ2) is 6.99. The van der Waals surface area contributed by atoms with Crippen LogP contribution in [0, 0.1) is 0 Å². The van der Waals surface area contributed by atoms with Crippen molar-refractivity contribution in [3.8, 4) is 0 Å². The van der Waals surface area contributed by atoms with Gasteiger partial charge in [0.2, 0.25) is 11.8 Å². The van der Waals surface area contributed by atoms with Gasteiger partial charge in [-0.2, -0.15) is 0 Å². The molecule has 0 radical (unpaired) electrons. The van der Waals surface area contributed by atoms with Crippen LogP contribution in [0.1, 0.15) is 42.7 Å². The molecule has 1 atom stereocenters. The van der Waals surface area contributed by atoms with E-state index in [2.05, 4.69) is 44.2 Å². The molecule has 6 nitrogen and oxygen atoms in total. The van der Waals surface area contributed by atoms with Crippen molar-refractivity contribution in [3.63, 3.8) is 0 Å². The molecule has 3 heterocycles. The summed E-state index contributed by atoms with van der Waals surface area (Å²) >= 11 is 0. The summed E-state index contributed by atoms with van der Waals surface area (Å²) in [4.78, 5) is 9.29. The third kappa shape index (κ3) is 3.82. The number of pyridine rings is 1. The zero-order chi connectivity index (χ0) is 16.4. The molecule has 2 aliphatic rings. The quantitative estimate of drug-likeness (QED) is 0.776. The Morgan fingerprint density at radius 1 is 1.25 bits per heavy atom. The Hall–Kier alpha value is -1.79. The van der Waals surface area contributed by atoms with Crippen molar-refractivity contribution in [2.24, 2.45) is 0 Å². The number of hydrogen-bond donors (Lipinski definition) is 0. The Morgan fingerprint density at radius 2 is 2.17 bits per heavy atom. The van der Waals surface area contributed by atoms with Gasteiger partial charge in [0.1, 0.15) is 0 Å². The fourth-order valence-electron chi connectivity index (χ4n) is 3.36. The van der Waals surface area contributed by atoms with Gasteiger partial charge in [-0.05, 0) is 45.0 Å². The lowest BCUT2D eigenvalue weighted by atomic mass is 10.2. The van der Waals surface area contributed by atoms with Crippen LogP contribution in [0.15, 0.2) is 28.8 Å². The number of aromatic nitrogens is 3. The van der Waals surface area contributed by atoms with E-state index in [1.54, 1.807) is 0 Å². The highest BCUT2D eigenvalue weighted by atomic mass is 16.4. The second-order valence-corrected chi connectivity index (χ2v) is 7.04. The van der Waals surface area contributed by atoms with Crippen molar-refractivity contribution in [2.45, 2.75) is 44.2 Å². The fourth-order valence-corrected chi connectivity index (χ4v) is 3.36. The van der Waals surface area contributed by atoms with Crippen molar-refractivity contribution < 1.29 is 4.42 Å². The monoisotopic (exact) mass is 327 g/mol. The summed E-state index contributed by atoms with van der Waals surface area (Å²) in [5.74, 6) is 2.12. The van der Waals surface area contributed by atoms with Crippen LogP contribution in [-0.4, -0.2) is 57.7 Å². The van der Waals surface area contributed by atoms with Crippen LogP contribution in [0.2, 0.25) is 0 Å². The minimum absolute atomic E-state index is 0.533. The van der Waals surface area contributed by atoms with E-state index in [9.17, 15) is 0 Å². The highest BCUT2D eigenvalue weighted by Crippen LogP contribution is 2.39. The highest BCUT2D eigenvalue weighted by molar-refractivity contribution is 5.04. The lowest BCUT2D eigenvalue weighted by molar-refractivity contribution is 0.206. The molecule has 0 bridgehead atoms. The van der Waals surface area contributed by atoms with Gasteiger partial charge in [-0.1, -0.05) is 6.07 Å². The van der Waals surface area contributed by atoms with Crippen LogP contribution in [0.4, 0.5) is 0 Å². The van der Waals surface area contributed by atoms with E-state index in [0.29, 0.717) is 12.0 Å². The molecule has 128 valence electrons. The Balaban J connectivity index is 1.24. The lowest BCUT2D eigenvalue weighted by Crippen LogP contribution is -2.34. The summed E-state index contributed by atoms with van der Waals surface area (Å²) < 4.78 is 5.78. The van der Waals surface area contributed by atoms with Crippen molar-refractivity contribution in [1.29, 1.82) is 0 Å². The maximum Gasteiger partial charge on any atom is 0.230 e. The predicted molar refractivity (Wildman–Crippen MR) is 90.5 cm³/mol. The smallest absolute Gasteiger partial charge is 0.230 e. The standard InChI is InChI=1S/C18H25N5O/c1-22(13-17-20-21-18(24-17)14-5-6-14)16-8-11-23(12-16)10-7-15-4-2-3-9-19-15/h2-4,9,14,16H,5-8,10-13H2,1H3/t16-/m0/s1. The van der Waals surface area contributed by atoms with Gasteiger partial charge >= 0.3 is 0 Å². The lowest BCUT2D eigenvalue weighted by Gasteiger charge is -2.23. The van der Waals surface area contributed by atoms with Gasteiger partial charge in [0.25, 0.3) is 0 Å². The number of likely N-dealkylation sites (tertiary alicyclic amines) is 1. The first-order valence-electron chi connectivity index (χ1n) is 8.93. The first kappa shape index (κ1) is 15.7. The Kier molecular flexibility index (Phi) is 4.58. The third-order valence-electron chi connectivity index (χ3n) is 5.07. The molecule has 0 amide bonds. The van der Waals surface area contributed by atoms with Gasteiger partial charge in [-0.25, -0.2) is 0 Å².